The van der Waals surface area contributed by atoms with Gasteiger partial charge in [-0.3, -0.25) is 0 Å². The first-order valence-corrected chi connectivity index (χ1v) is 11.6. The Kier molecular flexibility index (Phi) is 6.58. The summed E-state index contributed by atoms with van der Waals surface area (Å²) in [6.45, 7) is 0. The van der Waals surface area contributed by atoms with Crippen LogP contribution in [0.5, 0.6) is 11.5 Å². The molecule has 2 heterocycles. The number of hydrogen-bond donors (Lipinski definition) is 1. The third-order valence-electron chi connectivity index (χ3n) is 5.98. The minimum atomic E-state index is -0.707. The van der Waals surface area contributed by atoms with E-state index in [1.165, 1.54) is 7.11 Å². The summed E-state index contributed by atoms with van der Waals surface area (Å²) in [4.78, 5) is 11.6. The lowest BCUT2D eigenvalue weighted by atomic mass is 9.98. The monoisotopic (exact) mass is 478 g/mol. The third-order valence-corrected chi connectivity index (χ3v) is 5.98. The van der Waals surface area contributed by atoms with Gasteiger partial charge in [0.1, 0.15) is 11.5 Å². The highest BCUT2D eigenvalue weighted by Crippen LogP contribution is 2.45. The SMILES string of the molecule is COC(=O)OC1Nc2c(n(C)c3ccccc23)-c2ccccc21.c1ccc(Oc2ccccc2)cc1. The smallest absolute Gasteiger partial charge is 0.457 e. The maximum atomic E-state index is 11.6. The van der Waals surface area contributed by atoms with Crippen LogP contribution in [-0.2, 0) is 16.5 Å². The molecule has 6 heteroatoms. The van der Waals surface area contributed by atoms with Crippen LogP contribution in [0.1, 0.15) is 11.8 Å². The van der Waals surface area contributed by atoms with E-state index in [2.05, 4.69) is 26.8 Å². The number of ether oxygens (including phenoxy) is 3. The van der Waals surface area contributed by atoms with Gasteiger partial charge in [0.15, 0.2) is 0 Å². The van der Waals surface area contributed by atoms with Gasteiger partial charge in [-0.1, -0.05) is 78.9 Å². The Bertz CT molecular complexity index is 1440. The summed E-state index contributed by atoms with van der Waals surface area (Å²) in [5, 5.41) is 4.43. The van der Waals surface area contributed by atoms with E-state index in [0.717, 1.165) is 44.9 Å². The van der Waals surface area contributed by atoms with E-state index in [0.29, 0.717) is 0 Å². The summed E-state index contributed by atoms with van der Waals surface area (Å²) in [6.07, 6.45) is -1.28. The molecule has 1 unspecified atom stereocenters. The van der Waals surface area contributed by atoms with Crippen molar-refractivity contribution in [2.45, 2.75) is 6.23 Å². The molecule has 0 bridgehead atoms. The Morgan fingerprint density at radius 1 is 0.778 bits per heavy atom. The fraction of sp³-hybridized carbons (Fsp3) is 0.100. The summed E-state index contributed by atoms with van der Waals surface area (Å²) in [5.74, 6) is 1.74. The number of methoxy groups -OCH3 is 1. The van der Waals surface area contributed by atoms with Crippen molar-refractivity contribution in [1.82, 2.24) is 4.57 Å². The van der Waals surface area contributed by atoms with E-state index >= 15 is 0 Å². The van der Waals surface area contributed by atoms with Crippen LogP contribution >= 0.6 is 0 Å². The van der Waals surface area contributed by atoms with Crippen molar-refractivity contribution in [1.29, 1.82) is 0 Å². The van der Waals surface area contributed by atoms with Gasteiger partial charge in [-0.25, -0.2) is 4.79 Å². The van der Waals surface area contributed by atoms with Crippen molar-refractivity contribution in [2.75, 3.05) is 12.4 Å². The largest absolute Gasteiger partial charge is 0.510 e. The van der Waals surface area contributed by atoms with Gasteiger partial charge in [0.05, 0.1) is 24.0 Å². The number of aromatic nitrogens is 1. The minimum Gasteiger partial charge on any atom is -0.457 e. The van der Waals surface area contributed by atoms with Crippen molar-refractivity contribution in [3.8, 4) is 22.8 Å². The average molecular weight is 479 g/mol. The molecule has 4 aromatic carbocycles. The zero-order valence-corrected chi connectivity index (χ0v) is 20.0. The quantitative estimate of drug-likeness (QED) is 0.272. The van der Waals surface area contributed by atoms with E-state index in [9.17, 15) is 4.79 Å². The Labute approximate surface area is 209 Å². The molecule has 1 aliphatic heterocycles. The first kappa shape index (κ1) is 23.1. The summed E-state index contributed by atoms with van der Waals surface area (Å²) in [7, 11) is 3.35. The molecule has 1 aliphatic rings. The summed E-state index contributed by atoms with van der Waals surface area (Å²) >= 11 is 0. The fourth-order valence-electron chi connectivity index (χ4n) is 4.36. The molecule has 1 aromatic heterocycles. The van der Waals surface area contributed by atoms with Gasteiger partial charge < -0.3 is 24.1 Å². The van der Waals surface area contributed by atoms with Crippen LogP contribution in [-0.4, -0.2) is 17.8 Å². The van der Waals surface area contributed by atoms with Gasteiger partial charge >= 0.3 is 6.16 Å². The number of carbonyl (C=O) groups is 1. The van der Waals surface area contributed by atoms with E-state index in [4.69, 9.17) is 9.47 Å². The molecular weight excluding hydrogens is 452 g/mol. The molecule has 5 aromatic rings. The number of fused-ring (bicyclic) bond motifs is 5. The number of hydrogen-bond acceptors (Lipinski definition) is 5. The van der Waals surface area contributed by atoms with Crippen LogP contribution in [0, 0.1) is 0 Å². The van der Waals surface area contributed by atoms with Crippen molar-refractivity contribution in [2.24, 2.45) is 7.05 Å². The lowest BCUT2D eigenvalue weighted by Gasteiger charge is -2.27. The first-order chi connectivity index (χ1) is 17.7. The first-order valence-electron chi connectivity index (χ1n) is 11.6. The molecule has 1 N–H and O–H groups in total. The molecule has 36 heavy (non-hydrogen) atoms. The molecule has 0 aliphatic carbocycles. The predicted molar refractivity (Wildman–Crippen MR) is 141 cm³/mol. The van der Waals surface area contributed by atoms with Gasteiger partial charge in [0, 0.05) is 23.6 Å². The van der Waals surface area contributed by atoms with E-state index in [1.54, 1.807) is 0 Å². The zero-order chi connectivity index (χ0) is 24.9. The van der Waals surface area contributed by atoms with Gasteiger partial charge in [0.25, 0.3) is 0 Å². The molecule has 0 spiro atoms. The Balaban J connectivity index is 0.000000174. The number of nitrogens with one attached hydrogen (secondary N) is 1. The predicted octanol–water partition coefficient (Wildman–Crippen LogP) is 7.53. The third kappa shape index (κ3) is 4.61. The molecule has 6 nitrogen and oxygen atoms in total. The standard InChI is InChI=1S/C18H16N2O3.C12H10O/c1-20-14-10-6-5-9-13(14)15-16(20)11-7-3-4-8-12(11)17(19-15)23-18(21)22-2;1-3-7-11(8-4-1)13-12-9-5-2-6-10-12/h3-10,17,19H,1-2H3;1-10H. The molecule has 0 saturated heterocycles. The number of rotatable bonds is 3. The summed E-state index contributed by atoms with van der Waals surface area (Å²) in [6, 6.07) is 35.6. The van der Waals surface area contributed by atoms with E-state index in [1.807, 2.05) is 104 Å². The van der Waals surface area contributed by atoms with Crippen molar-refractivity contribution >= 4 is 22.7 Å². The Morgan fingerprint density at radius 3 is 2.03 bits per heavy atom. The van der Waals surface area contributed by atoms with Crippen LogP contribution in [0.2, 0.25) is 0 Å². The molecule has 180 valence electrons. The van der Waals surface area contributed by atoms with Crippen LogP contribution in [0.25, 0.3) is 22.2 Å². The number of benzene rings is 4. The second-order valence-electron chi connectivity index (χ2n) is 8.21. The Hall–Kier alpha value is -4.71. The highest BCUT2D eigenvalue weighted by atomic mass is 16.7. The summed E-state index contributed by atoms with van der Waals surface area (Å²) < 4.78 is 17.8. The maximum Gasteiger partial charge on any atom is 0.510 e. The Morgan fingerprint density at radius 2 is 1.36 bits per heavy atom. The molecule has 6 rings (SSSR count). The topological polar surface area (TPSA) is 61.7 Å². The van der Waals surface area contributed by atoms with Gasteiger partial charge in [-0.2, -0.15) is 0 Å². The number of nitrogens with zero attached hydrogens (tertiary/aromatic N) is 1. The fourth-order valence-corrected chi connectivity index (χ4v) is 4.36. The van der Waals surface area contributed by atoms with Crippen LogP contribution in [0.3, 0.4) is 0 Å². The van der Waals surface area contributed by atoms with Gasteiger partial charge in [-0.05, 0) is 30.3 Å². The molecule has 0 fully saturated rings. The number of anilines is 1. The van der Waals surface area contributed by atoms with Crippen molar-refractivity contribution in [3.05, 3.63) is 115 Å². The maximum absolute atomic E-state index is 11.6. The second kappa shape index (κ2) is 10.3. The number of aryl methyl sites for hydroxylation is 1. The minimum absolute atomic E-state index is 0.572. The van der Waals surface area contributed by atoms with Gasteiger partial charge in [0.2, 0.25) is 6.23 Å². The molecular formula is C30H26N2O4. The highest BCUT2D eigenvalue weighted by molar-refractivity contribution is 6.03. The second-order valence-corrected chi connectivity index (χ2v) is 8.21. The normalized spacial score (nSPS) is 13.3. The van der Waals surface area contributed by atoms with Crippen molar-refractivity contribution in [3.63, 3.8) is 0 Å². The van der Waals surface area contributed by atoms with Crippen molar-refractivity contribution < 1.29 is 19.0 Å². The van der Waals surface area contributed by atoms with Crippen LogP contribution in [0.4, 0.5) is 10.5 Å². The number of para-hydroxylation sites is 3. The molecule has 0 radical (unpaired) electrons. The van der Waals surface area contributed by atoms with Gasteiger partial charge in [-0.15, -0.1) is 0 Å². The molecule has 0 saturated carbocycles. The average Bonchev–Trinajstić information content (AvgIpc) is 3.22. The molecule has 1 atom stereocenters. The zero-order valence-electron chi connectivity index (χ0n) is 20.0. The number of carbonyl (C=O) groups excluding carboxylic acids is 1. The van der Waals surface area contributed by atoms with Crippen LogP contribution < -0.4 is 10.1 Å². The highest BCUT2D eigenvalue weighted by Gasteiger charge is 2.30. The van der Waals surface area contributed by atoms with E-state index in [-0.39, 0.29) is 0 Å². The molecule has 0 amide bonds. The summed E-state index contributed by atoms with van der Waals surface area (Å²) in [5.41, 5.74) is 5.14. The van der Waals surface area contributed by atoms with Crippen LogP contribution in [0.15, 0.2) is 109 Å². The lowest BCUT2D eigenvalue weighted by Crippen LogP contribution is -2.22. The van der Waals surface area contributed by atoms with E-state index < -0.39 is 12.4 Å². The lowest BCUT2D eigenvalue weighted by molar-refractivity contribution is 0.0459.